The van der Waals surface area contributed by atoms with Gasteiger partial charge in [-0.3, -0.25) is 5.41 Å². The molecule has 0 spiro atoms. The number of amidine groups is 1. The van der Waals surface area contributed by atoms with Crippen molar-refractivity contribution < 1.29 is 21.9 Å². The van der Waals surface area contributed by atoms with Crippen LogP contribution in [0.5, 0.6) is 0 Å². The maximum Gasteiger partial charge on any atom is 0.338 e. The van der Waals surface area contributed by atoms with E-state index in [4.69, 9.17) is 15.9 Å². The summed E-state index contributed by atoms with van der Waals surface area (Å²) in [5.41, 5.74) is 6.72. The fourth-order valence-electron chi connectivity index (χ4n) is 1.16. The number of benzene rings is 1. The highest BCUT2D eigenvalue weighted by Crippen LogP contribution is 2.13. The zero-order valence-corrected chi connectivity index (χ0v) is 11.0. The number of nitrogens with one attached hydrogen (secondary N) is 1. The summed E-state index contributed by atoms with van der Waals surface area (Å²) < 4.78 is 4.90. The number of thioether (sulfide) groups is 1. The molecule has 94 valence electrons. The number of ether oxygens (including phenoxy) is 1. The molecule has 0 aliphatic carbocycles. The van der Waals surface area contributed by atoms with Crippen LogP contribution in [0.4, 0.5) is 0 Å². The fraction of sp³-hybridized carbons (Fsp3) is 0.273. The third-order valence-electron chi connectivity index (χ3n) is 1.83. The SMILES string of the molecule is CCOC(=O)c1cccc(CSC(=N)N)c1.[Cl-]. The van der Waals surface area contributed by atoms with Gasteiger partial charge in [-0.05, 0) is 24.6 Å². The molecule has 0 aliphatic rings. The first-order chi connectivity index (χ1) is 7.63. The number of carbonyl (C=O) groups is 1. The number of halogens is 1. The molecule has 0 saturated carbocycles. The molecular formula is C11H14ClN2O2S-. The van der Waals surface area contributed by atoms with Gasteiger partial charge in [-0.1, -0.05) is 23.9 Å². The van der Waals surface area contributed by atoms with Crippen molar-refractivity contribution in [3.8, 4) is 0 Å². The van der Waals surface area contributed by atoms with E-state index < -0.39 is 0 Å². The van der Waals surface area contributed by atoms with E-state index in [-0.39, 0.29) is 23.5 Å². The Hall–Kier alpha value is -1.20. The predicted octanol–water partition coefficient (Wildman–Crippen LogP) is -1.01. The van der Waals surface area contributed by atoms with Crippen LogP contribution in [0.15, 0.2) is 24.3 Å². The van der Waals surface area contributed by atoms with Crippen molar-refractivity contribution in [2.75, 3.05) is 6.61 Å². The monoisotopic (exact) mass is 273 g/mol. The van der Waals surface area contributed by atoms with Gasteiger partial charge in [0, 0.05) is 5.75 Å². The molecule has 1 aromatic carbocycles. The van der Waals surface area contributed by atoms with E-state index >= 15 is 0 Å². The first-order valence-corrected chi connectivity index (χ1v) is 5.85. The average Bonchev–Trinajstić information content (AvgIpc) is 2.27. The third-order valence-corrected chi connectivity index (χ3v) is 2.62. The van der Waals surface area contributed by atoms with Crippen LogP contribution in [0.1, 0.15) is 22.8 Å². The third kappa shape index (κ3) is 5.60. The summed E-state index contributed by atoms with van der Waals surface area (Å²) in [7, 11) is 0. The van der Waals surface area contributed by atoms with Crippen molar-refractivity contribution in [1.29, 1.82) is 5.41 Å². The molecule has 0 aromatic heterocycles. The Morgan fingerprint density at radius 2 is 2.24 bits per heavy atom. The Kier molecular flexibility index (Phi) is 7.41. The van der Waals surface area contributed by atoms with Gasteiger partial charge < -0.3 is 22.9 Å². The minimum Gasteiger partial charge on any atom is -1.00 e. The van der Waals surface area contributed by atoms with Gasteiger partial charge in [-0.2, -0.15) is 0 Å². The molecular weight excluding hydrogens is 260 g/mol. The Labute approximate surface area is 111 Å². The summed E-state index contributed by atoms with van der Waals surface area (Å²) in [6, 6.07) is 7.15. The molecule has 17 heavy (non-hydrogen) atoms. The van der Waals surface area contributed by atoms with Crippen molar-refractivity contribution in [1.82, 2.24) is 0 Å². The first-order valence-electron chi connectivity index (χ1n) is 4.86. The topological polar surface area (TPSA) is 76.2 Å². The highest BCUT2D eigenvalue weighted by molar-refractivity contribution is 8.13. The molecule has 0 atom stereocenters. The minimum atomic E-state index is -0.322. The molecule has 0 amide bonds. The Morgan fingerprint density at radius 3 is 2.82 bits per heavy atom. The van der Waals surface area contributed by atoms with Crippen molar-refractivity contribution in [3.63, 3.8) is 0 Å². The number of nitrogens with two attached hydrogens (primary N) is 1. The number of esters is 1. The molecule has 6 heteroatoms. The summed E-state index contributed by atoms with van der Waals surface area (Å²) in [5.74, 6) is 0.264. The van der Waals surface area contributed by atoms with Crippen LogP contribution in [-0.4, -0.2) is 17.7 Å². The minimum absolute atomic E-state index is 0. The lowest BCUT2D eigenvalue weighted by atomic mass is 10.1. The normalized spacial score (nSPS) is 9.24. The van der Waals surface area contributed by atoms with E-state index in [0.29, 0.717) is 17.9 Å². The van der Waals surface area contributed by atoms with Crippen LogP contribution < -0.4 is 18.1 Å². The molecule has 0 heterocycles. The largest absolute Gasteiger partial charge is 1.00 e. The molecule has 3 N–H and O–H groups in total. The molecule has 0 unspecified atom stereocenters. The summed E-state index contributed by atoms with van der Waals surface area (Å²) in [6.07, 6.45) is 0. The predicted molar refractivity (Wildman–Crippen MR) is 65.6 cm³/mol. The summed E-state index contributed by atoms with van der Waals surface area (Å²) in [5, 5.41) is 7.17. The highest BCUT2D eigenvalue weighted by Gasteiger charge is 2.06. The van der Waals surface area contributed by atoms with Crippen molar-refractivity contribution >= 4 is 22.9 Å². The standard InChI is InChI=1S/C11H14N2O2S.ClH/c1-2-15-10(14)9-5-3-4-8(6-9)7-16-11(12)13;/h3-6H,2,7H2,1H3,(H3,12,13);1H/p-1. The highest BCUT2D eigenvalue weighted by atomic mass is 35.5. The van der Waals surface area contributed by atoms with Crippen LogP contribution in [0.2, 0.25) is 0 Å². The van der Waals surface area contributed by atoms with E-state index in [1.165, 1.54) is 11.8 Å². The van der Waals surface area contributed by atoms with Crippen molar-refractivity contribution in [2.45, 2.75) is 12.7 Å². The van der Waals surface area contributed by atoms with E-state index in [1.54, 1.807) is 25.1 Å². The van der Waals surface area contributed by atoms with E-state index in [0.717, 1.165) is 5.56 Å². The quantitative estimate of drug-likeness (QED) is 0.419. The van der Waals surface area contributed by atoms with E-state index in [1.807, 2.05) is 6.07 Å². The van der Waals surface area contributed by atoms with Crippen LogP contribution >= 0.6 is 11.8 Å². The molecule has 0 saturated heterocycles. The van der Waals surface area contributed by atoms with Crippen molar-refractivity contribution in [3.05, 3.63) is 35.4 Å². The number of hydrogen-bond acceptors (Lipinski definition) is 4. The second kappa shape index (κ2) is 7.97. The molecule has 0 bridgehead atoms. The van der Waals surface area contributed by atoms with Gasteiger partial charge in [-0.15, -0.1) is 0 Å². The summed E-state index contributed by atoms with van der Waals surface area (Å²) in [4.78, 5) is 11.4. The van der Waals surface area contributed by atoms with Crippen molar-refractivity contribution in [2.24, 2.45) is 5.73 Å². The van der Waals surface area contributed by atoms with Gasteiger partial charge >= 0.3 is 5.97 Å². The second-order valence-electron chi connectivity index (χ2n) is 3.07. The van der Waals surface area contributed by atoms with Crippen LogP contribution in [0, 0.1) is 5.41 Å². The zero-order valence-electron chi connectivity index (χ0n) is 9.40. The van der Waals surface area contributed by atoms with Gasteiger partial charge in [0.2, 0.25) is 0 Å². The lowest BCUT2D eigenvalue weighted by Crippen LogP contribution is -3.00. The van der Waals surface area contributed by atoms with Crippen LogP contribution in [0.3, 0.4) is 0 Å². The second-order valence-corrected chi connectivity index (χ2v) is 4.09. The maximum atomic E-state index is 11.4. The smallest absolute Gasteiger partial charge is 0.338 e. The van der Waals surface area contributed by atoms with Crippen LogP contribution in [-0.2, 0) is 10.5 Å². The average molecular weight is 274 g/mol. The van der Waals surface area contributed by atoms with Gasteiger partial charge in [0.25, 0.3) is 0 Å². The Morgan fingerprint density at radius 1 is 1.53 bits per heavy atom. The van der Waals surface area contributed by atoms with Crippen LogP contribution in [0.25, 0.3) is 0 Å². The molecule has 1 rings (SSSR count). The molecule has 0 aliphatic heterocycles. The summed E-state index contributed by atoms with van der Waals surface area (Å²) in [6.45, 7) is 2.14. The first kappa shape index (κ1) is 15.8. The Balaban J connectivity index is 0.00000256. The summed E-state index contributed by atoms with van der Waals surface area (Å²) >= 11 is 1.23. The number of hydrogen-bond donors (Lipinski definition) is 2. The maximum absolute atomic E-state index is 11.4. The van der Waals surface area contributed by atoms with E-state index in [9.17, 15) is 4.79 Å². The molecule has 0 radical (unpaired) electrons. The number of rotatable bonds is 4. The van der Waals surface area contributed by atoms with Gasteiger partial charge in [0.1, 0.15) is 0 Å². The van der Waals surface area contributed by atoms with Gasteiger partial charge in [-0.25, -0.2) is 4.79 Å². The molecule has 4 nitrogen and oxygen atoms in total. The zero-order chi connectivity index (χ0) is 12.0. The van der Waals surface area contributed by atoms with Gasteiger partial charge in [0.05, 0.1) is 12.2 Å². The Bertz CT molecular complexity index is 399. The molecule has 1 aromatic rings. The fourth-order valence-corrected chi connectivity index (χ4v) is 1.67. The number of carbonyl (C=O) groups excluding carboxylic acids is 1. The van der Waals surface area contributed by atoms with E-state index in [2.05, 4.69) is 0 Å². The van der Waals surface area contributed by atoms with Gasteiger partial charge in [0.15, 0.2) is 5.17 Å². The lowest BCUT2D eigenvalue weighted by molar-refractivity contribution is -0.0000216. The lowest BCUT2D eigenvalue weighted by Gasteiger charge is -2.04. The molecule has 0 fully saturated rings.